The lowest BCUT2D eigenvalue weighted by Crippen LogP contribution is -2.42. The minimum Gasteiger partial charge on any atom is -0.477 e. The lowest BCUT2D eigenvalue weighted by Gasteiger charge is -2.34. The Kier molecular flexibility index (Phi) is 6.77. The summed E-state index contributed by atoms with van der Waals surface area (Å²) in [6.45, 7) is 7.74. The first-order chi connectivity index (χ1) is 13.9. The zero-order chi connectivity index (χ0) is 20.9. The Hall–Kier alpha value is -2.57. The fraction of sp³-hybridized carbons (Fsp3) is 0.591. The second-order valence-electron chi connectivity index (χ2n) is 8.45. The number of amides is 1. The van der Waals surface area contributed by atoms with Crippen molar-refractivity contribution in [3.8, 4) is 11.8 Å². The number of methoxy groups -OCH3 is 1. The SMILES string of the molecule is COc1nc2ccccc2nc1OCCCC1CCCN(C(=O)OC(C)(C)C)C1. The van der Waals surface area contributed by atoms with Crippen molar-refractivity contribution in [3.05, 3.63) is 24.3 Å². The minimum atomic E-state index is -0.461. The molecule has 7 heteroatoms. The Morgan fingerprint density at radius 2 is 1.86 bits per heavy atom. The fourth-order valence-corrected chi connectivity index (χ4v) is 3.53. The Morgan fingerprint density at radius 1 is 1.17 bits per heavy atom. The summed E-state index contributed by atoms with van der Waals surface area (Å²) in [5, 5.41) is 0. The van der Waals surface area contributed by atoms with Crippen LogP contribution in [0.3, 0.4) is 0 Å². The van der Waals surface area contributed by atoms with Crippen molar-refractivity contribution in [1.82, 2.24) is 14.9 Å². The van der Waals surface area contributed by atoms with Crippen LogP contribution in [-0.2, 0) is 4.74 Å². The summed E-state index contributed by atoms with van der Waals surface area (Å²) in [6.07, 6.45) is 3.79. The van der Waals surface area contributed by atoms with Crippen molar-refractivity contribution in [2.24, 2.45) is 5.92 Å². The first kappa shape index (κ1) is 21.1. The predicted octanol–water partition coefficient (Wildman–Crippen LogP) is 4.44. The van der Waals surface area contributed by atoms with Gasteiger partial charge in [-0.3, -0.25) is 0 Å². The third kappa shape index (κ3) is 5.95. The molecule has 1 aliphatic heterocycles. The first-order valence-corrected chi connectivity index (χ1v) is 10.3. The van der Waals surface area contributed by atoms with Crippen LogP contribution in [0, 0.1) is 5.92 Å². The molecule has 1 aromatic heterocycles. The van der Waals surface area contributed by atoms with Gasteiger partial charge in [-0.15, -0.1) is 0 Å². The van der Waals surface area contributed by atoms with Crippen LogP contribution in [0.5, 0.6) is 11.8 Å². The number of benzene rings is 1. The van der Waals surface area contributed by atoms with Gasteiger partial charge in [-0.1, -0.05) is 12.1 Å². The van der Waals surface area contributed by atoms with Crippen molar-refractivity contribution in [3.63, 3.8) is 0 Å². The van der Waals surface area contributed by atoms with Crippen LogP contribution in [0.2, 0.25) is 0 Å². The number of para-hydroxylation sites is 2. The number of likely N-dealkylation sites (tertiary alicyclic amines) is 1. The van der Waals surface area contributed by atoms with E-state index in [1.165, 1.54) is 0 Å². The van der Waals surface area contributed by atoms with Gasteiger partial charge in [0.1, 0.15) is 5.60 Å². The van der Waals surface area contributed by atoms with E-state index in [9.17, 15) is 4.79 Å². The van der Waals surface area contributed by atoms with Crippen molar-refractivity contribution < 1.29 is 19.0 Å². The number of carbonyl (C=O) groups excluding carboxylic acids is 1. The van der Waals surface area contributed by atoms with E-state index in [0.29, 0.717) is 24.3 Å². The molecule has 1 atom stereocenters. The molecular weight excluding hydrogens is 370 g/mol. The summed E-state index contributed by atoms with van der Waals surface area (Å²) in [5.74, 6) is 1.28. The molecule has 0 aliphatic carbocycles. The Labute approximate surface area is 172 Å². The van der Waals surface area contributed by atoms with Gasteiger partial charge in [-0.25, -0.2) is 14.8 Å². The second-order valence-corrected chi connectivity index (χ2v) is 8.45. The van der Waals surface area contributed by atoms with Gasteiger partial charge in [-0.2, -0.15) is 0 Å². The summed E-state index contributed by atoms with van der Waals surface area (Å²) in [6, 6.07) is 7.64. The number of piperidine rings is 1. The maximum atomic E-state index is 12.3. The van der Waals surface area contributed by atoms with Gasteiger partial charge in [0.15, 0.2) is 0 Å². The number of hydrogen-bond donors (Lipinski definition) is 0. The average Bonchev–Trinajstić information content (AvgIpc) is 2.69. The van der Waals surface area contributed by atoms with E-state index in [-0.39, 0.29) is 6.09 Å². The lowest BCUT2D eigenvalue weighted by molar-refractivity contribution is 0.0159. The highest BCUT2D eigenvalue weighted by Gasteiger charge is 2.27. The topological polar surface area (TPSA) is 73.8 Å². The van der Waals surface area contributed by atoms with Gasteiger partial charge in [-0.05, 0) is 64.5 Å². The maximum absolute atomic E-state index is 12.3. The number of hydrogen-bond acceptors (Lipinski definition) is 6. The molecular formula is C22H31N3O4. The molecule has 29 heavy (non-hydrogen) atoms. The van der Waals surface area contributed by atoms with E-state index >= 15 is 0 Å². The van der Waals surface area contributed by atoms with Crippen LogP contribution in [0.25, 0.3) is 11.0 Å². The van der Waals surface area contributed by atoms with Crippen LogP contribution in [-0.4, -0.2) is 53.4 Å². The number of aromatic nitrogens is 2. The highest BCUT2D eigenvalue weighted by molar-refractivity contribution is 5.75. The molecule has 1 saturated heterocycles. The fourth-order valence-electron chi connectivity index (χ4n) is 3.53. The second kappa shape index (κ2) is 9.29. The monoisotopic (exact) mass is 401 g/mol. The molecule has 0 spiro atoms. The van der Waals surface area contributed by atoms with E-state index in [1.54, 1.807) is 7.11 Å². The van der Waals surface area contributed by atoms with Crippen LogP contribution < -0.4 is 9.47 Å². The van der Waals surface area contributed by atoms with E-state index in [1.807, 2.05) is 49.9 Å². The summed E-state index contributed by atoms with van der Waals surface area (Å²) >= 11 is 0. The quantitative estimate of drug-likeness (QED) is 0.666. The molecule has 1 aromatic carbocycles. The highest BCUT2D eigenvalue weighted by Crippen LogP contribution is 2.26. The third-order valence-electron chi connectivity index (χ3n) is 4.87. The number of ether oxygens (including phenoxy) is 3. The van der Waals surface area contributed by atoms with E-state index in [2.05, 4.69) is 9.97 Å². The average molecular weight is 402 g/mol. The Balaban J connectivity index is 1.49. The first-order valence-electron chi connectivity index (χ1n) is 10.3. The van der Waals surface area contributed by atoms with Crippen LogP contribution in [0.4, 0.5) is 4.79 Å². The third-order valence-corrected chi connectivity index (χ3v) is 4.87. The number of rotatable bonds is 6. The molecule has 1 unspecified atom stereocenters. The van der Waals surface area contributed by atoms with Gasteiger partial charge < -0.3 is 19.1 Å². The molecule has 1 fully saturated rings. The normalized spacial score (nSPS) is 17.2. The summed E-state index contributed by atoms with van der Waals surface area (Å²) in [4.78, 5) is 23.1. The van der Waals surface area contributed by atoms with Gasteiger partial charge in [0.25, 0.3) is 11.8 Å². The van der Waals surface area contributed by atoms with Crippen molar-refractivity contribution in [2.45, 2.75) is 52.1 Å². The lowest BCUT2D eigenvalue weighted by atomic mass is 9.94. The van der Waals surface area contributed by atoms with Gasteiger partial charge in [0.2, 0.25) is 0 Å². The van der Waals surface area contributed by atoms with Crippen LogP contribution in [0.1, 0.15) is 46.5 Å². The summed E-state index contributed by atoms with van der Waals surface area (Å²) < 4.78 is 16.7. The number of fused-ring (bicyclic) bond motifs is 1. The zero-order valence-electron chi connectivity index (χ0n) is 17.8. The van der Waals surface area contributed by atoms with Gasteiger partial charge in [0, 0.05) is 13.1 Å². The molecule has 0 N–H and O–H groups in total. The van der Waals surface area contributed by atoms with E-state index < -0.39 is 5.60 Å². The molecule has 0 radical (unpaired) electrons. The molecule has 0 bridgehead atoms. The Morgan fingerprint density at radius 3 is 2.52 bits per heavy atom. The highest BCUT2D eigenvalue weighted by atomic mass is 16.6. The molecule has 0 saturated carbocycles. The molecule has 2 heterocycles. The molecule has 3 rings (SSSR count). The smallest absolute Gasteiger partial charge is 0.410 e. The zero-order valence-corrected chi connectivity index (χ0v) is 17.8. The summed E-state index contributed by atoms with van der Waals surface area (Å²) in [7, 11) is 1.57. The number of carbonyl (C=O) groups is 1. The van der Waals surface area contributed by atoms with E-state index in [4.69, 9.17) is 14.2 Å². The minimum absolute atomic E-state index is 0.213. The molecule has 1 amide bonds. The largest absolute Gasteiger partial charge is 0.477 e. The Bertz CT molecular complexity index is 834. The van der Waals surface area contributed by atoms with Crippen LogP contribution >= 0.6 is 0 Å². The molecule has 158 valence electrons. The molecule has 2 aromatic rings. The maximum Gasteiger partial charge on any atom is 0.410 e. The van der Waals surface area contributed by atoms with Gasteiger partial charge in [0.05, 0.1) is 24.8 Å². The number of nitrogens with zero attached hydrogens (tertiary/aromatic N) is 3. The standard InChI is InChI=1S/C22H31N3O4/c1-22(2,3)29-21(26)25-13-7-9-16(15-25)10-8-14-28-20-19(27-4)23-17-11-5-6-12-18(17)24-20/h5-6,11-12,16H,7-10,13-15H2,1-4H3. The van der Waals surface area contributed by atoms with Crippen LogP contribution in [0.15, 0.2) is 24.3 Å². The van der Waals surface area contributed by atoms with Gasteiger partial charge >= 0.3 is 6.09 Å². The van der Waals surface area contributed by atoms with Crippen molar-refractivity contribution >= 4 is 17.1 Å². The predicted molar refractivity (Wildman–Crippen MR) is 111 cm³/mol. The summed E-state index contributed by atoms with van der Waals surface area (Å²) in [5.41, 5.74) is 1.10. The molecule has 1 aliphatic rings. The van der Waals surface area contributed by atoms with E-state index in [0.717, 1.165) is 49.8 Å². The molecule has 7 nitrogen and oxygen atoms in total. The van der Waals surface area contributed by atoms with Crippen molar-refractivity contribution in [1.29, 1.82) is 0 Å². The van der Waals surface area contributed by atoms with Crippen molar-refractivity contribution in [2.75, 3.05) is 26.8 Å².